The molecule has 0 aromatic heterocycles. The Hall–Kier alpha value is -0.730. The van der Waals surface area contributed by atoms with Crippen molar-refractivity contribution in [1.82, 2.24) is 0 Å². The Morgan fingerprint density at radius 1 is 0.609 bits per heavy atom. The van der Waals surface area contributed by atoms with E-state index >= 15 is 0 Å². The average Bonchev–Trinajstić information content (AvgIpc) is 2.15. The van der Waals surface area contributed by atoms with Crippen LogP contribution in [0, 0.1) is 0 Å². The van der Waals surface area contributed by atoms with Gasteiger partial charge < -0.3 is 60.0 Å². The van der Waals surface area contributed by atoms with Gasteiger partial charge in [0.1, 0.15) is 0 Å². The first-order chi connectivity index (χ1) is 8.75. The monoisotopic (exact) mass is 490 g/mol. The van der Waals surface area contributed by atoms with Gasteiger partial charge in [-0.1, -0.05) is 0 Å². The fourth-order valence-electron chi connectivity index (χ4n) is 0. The summed E-state index contributed by atoms with van der Waals surface area (Å²) in [4.78, 5) is 35.3. The van der Waals surface area contributed by atoms with Crippen LogP contribution in [-0.2, 0) is 68.0 Å². The van der Waals surface area contributed by atoms with Gasteiger partial charge in [-0.25, -0.2) is 0 Å². The molecule has 0 bridgehead atoms. The number of carbonyl (C=O) groups is 4. The Balaban J connectivity index is -0.0000000289. The van der Waals surface area contributed by atoms with E-state index in [-0.39, 0.29) is 58.4 Å². The molecule has 0 aromatic rings. The van der Waals surface area contributed by atoms with Crippen molar-refractivity contribution in [2.75, 3.05) is 0 Å². The Morgan fingerprint density at radius 3 is 0.652 bits per heavy atom. The summed E-state index contributed by atoms with van der Waals surface area (Å²) in [6.07, 6.45) is -7.35. The summed E-state index contributed by atoms with van der Waals surface area (Å²) < 4.78 is 0. The second kappa shape index (κ2) is 29.3. The number of rotatable bonds is 2. The molecule has 0 saturated carbocycles. The van der Waals surface area contributed by atoms with Crippen LogP contribution < -0.4 is 30.6 Å². The van der Waals surface area contributed by atoms with E-state index in [4.69, 9.17) is 40.2 Å². The van der Waals surface area contributed by atoms with Gasteiger partial charge in [0.15, 0.2) is 0 Å². The number of hydrogen-bond donors (Lipinski definition) is 2. The molecule has 0 aliphatic rings. The largest absolute Gasteiger partial charge is 2.00 e. The summed E-state index contributed by atoms with van der Waals surface area (Å²) in [6, 6.07) is 0. The van der Waals surface area contributed by atoms with Gasteiger partial charge >= 0.3 is 58.4 Å². The molecule has 0 heterocycles. The van der Waals surface area contributed by atoms with E-state index < -0.39 is 36.5 Å². The van der Waals surface area contributed by atoms with Crippen molar-refractivity contribution in [3.8, 4) is 0 Å². The van der Waals surface area contributed by atoms with Crippen molar-refractivity contribution in [3.05, 3.63) is 0 Å². The van der Waals surface area contributed by atoms with Crippen molar-refractivity contribution in [3.63, 3.8) is 0 Å². The third-order valence-corrected chi connectivity index (χ3v) is 0.682. The molecule has 120 valence electrons. The predicted molar refractivity (Wildman–Crippen MR) is 44.2 cm³/mol. The molecular formula is C8H10O12Zn3. The number of hydrogen-bond acceptors (Lipinski definition) is 12. The number of carbonyl (C=O) groups excluding carboxylic acids is 4. The van der Waals surface area contributed by atoms with E-state index in [1.54, 1.807) is 0 Å². The van der Waals surface area contributed by atoms with Crippen molar-refractivity contribution < 1.29 is 118 Å². The fourth-order valence-corrected chi connectivity index (χ4v) is 0. The second-order valence-corrected chi connectivity index (χ2v) is 2.49. The molecule has 0 saturated heterocycles. The Morgan fingerprint density at radius 2 is 0.652 bits per heavy atom. The minimum absolute atomic E-state index is 0. The third-order valence-electron chi connectivity index (χ3n) is 0.682. The summed E-state index contributed by atoms with van der Waals surface area (Å²) >= 11 is 0. The zero-order chi connectivity index (χ0) is 17.5. The summed E-state index contributed by atoms with van der Waals surface area (Å²) in [7, 11) is 0. The summed E-state index contributed by atoms with van der Waals surface area (Å²) in [5, 5.41) is 67.9. The topological polar surface area (TPSA) is 247 Å². The molecule has 23 heavy (non-hydrogen) atoms. The van der Waals surface area contributed by atoms with E-state index in [2.05, 4.69) is 0 Å². The summed E-state index contributed by atoms with van der Waals surface area (Å²) in [5.41, 5.74) is 0. The molecule has 0 aromatic carbocycles. The fraction of sp³-hybridized carbons (Fsp3) is 0.500. The van der Waals surface area contributed by atoms with Crippen LogP contribution in [0.5, 0.6) is 0 Å². The van der Waals surface area contributed by atoms with Crippen LogP contribution in [0.4, 0.5) is 9.59 Å². The van der Waals surface area contributed by atoms with E-state index in [0.29, 0.717) is 0 Å². The van der Waals surface area contributed by atoms with Crippen molar-refractivity contribution in [2.45, 2.75) is 26.1 Å². The van der Waals surface area contributed by atoms with E-state index in [0.717, 1.165) is 13.8 Å². The second-order valence-electron chi connectivity index (χ2n) is 2.49. The number of carboxylic acids is 2. The molecule has 2 N–H and O–H groups in total. The van der Waals surface area contributed by atoms with Gasteiger partial charge in [0.2, 0.25) is 0 Å². The number of aliphatic hydroxyl groups is 2. The van der Waals surface area contributed by atoms with Gasteiger partial charge in [0, 0.05) is 0 Å². The first-order valence-corrected chi connectivity index (χ1v) is 4.29. The molecule has 12 nitrogen and oxygen atoms in total. The zero-order valence-electron chi connectivity index (χ0n) is 12.3. The maximum atomic E-state index is 9.34. The first kappa shape index (κ1) is 43.2. The summed E-state index contributed by atoms with van der Waals surface area (Å²) in [5.74, 6) is -2.87. The molecule has 0 fully saturated rings. The molecule has 0 radical (unpaired) electrons. The van der Waals surface area contributed by atoms with Crippen LogP contribution >= 0.6 is 0 Å². The quantitative estimate of drug-likeness (QED) is 0.340. The molecule has 0 spiro atoms. The molecule has 0 amide bonds. The minimum Gasteiger partial charge on any atom is -0.652 e. The average molecular weight is 494 g/mol. The van der Waals surface area contributed by atoms with Crippen LogP contribution in [0.2, 0.25) is 0 Å². The molecule has 2 unspecified atom stereocenters. The normalized spacial score (nSPS) is 9.22. The van der Waals surface area contributed by atoms with Crippen molar-refractivity contribution in [2.24, 2.45) is 0 Å². The smallest absolute Gasteiger partial charge is 0.652 e. The maximum absolute atomic E-state index is 9.34. The van der Waals surface area contributed by atoms with Crippen LogP contribution in [0.3, 0.4) is 0 Å². The van der Waals surface area contributed by atoms with E-state index in [9.17, 15) is 19.8 Å². The van der Waals surface area contributed by atoms with E-state index in [1.165, 1.54) is 0 Å². The molecule has 0 aliphatic carbocycles. The van der Waals surface area contributed by atoms with Crippen molar-refractivity contribution >= 4 is 24.2 Å². The Kier molecular flexibility index (Phi) is 55.0. The van der Waals surface area contributed by atoms with Crippen molar-refractivity contribution in [1.29, 1.82) is 0 Å². The Bertz CT molecular complexity index is 269. The van der Waals surface area contributed by atoms with Crippen LogP contribution in [-0.4, -0.2) is 46.7 Å². The maximum Gasteiger partial charge on any atom is 2.00 e. The first-order valence-electron chi connectivity index (χ1n) is 4.29. The zero-order valence-corrected chi connectivity index (χ0v) is 21.2. The molecular weight excluding hydrogens is 484 g/mol. The Labute approximate surface area is 168 Å². The SMILES string of the molecule is CC(O)C(=O)[O-].CC(O)C(=O)[O-].O=C([O-])[O-].O=C([O-])[O-].[Zn+2].[Zn+2].[Zn+2]. The number of carboxylic acid groups (broad SMARTS) is 6. The van der Waals surface area contributed by atoms with Gasteiger partial charge in [-0.2, -0.15) is 0 Å². The van der Waals surface area contributed by atoms with Gasteiger partial charge in [-0.15, -0.1) is 0 Å². The summed E-state index contributed by atoms with van der Waals surface area (Å²) in [6.45, 7) is 2.27. The van der Waals surface area contributed by atoms with Crippen LogP contribution in [0.15, 0.2) is 0 Å². The number of aliphatic hydroxyl groups excluding tert-OH is 2. The van der Waals surface area contributed by atoms with Gasteiger partial charge in [-0.05, 0) is 26.2 Å². The van der Waals surface area contributed by atoms with Crippen LogP contribution in [0.25, 0.3) is 0 Å². The molecule has 0 aliphatic heterocycles. The molecule has 2 atom stereocenters. The molecule has 15 heteroatoms. The predicted octanol–water partition coefficient (Wildman–Crippen LogP) is -8.67. The van der Waals surface area contributed by atoms with Gasteiger partial charge in [0.25, 0.3) is 0 Å². The minimum atomic E-state index is -2.33. The van der Waals surface area contributed by atoms with Gasteiger partial charge in [-0.3, -0.25) is 0 Å². The standard InChI is InChI=1S/2C3H6O3.2CH2O3.3Zn/c2*1-2(4)3(5)6;2*2-1(3)4;;;/h2*2,4H,1H3,(H,5,6);2*(H2,2,3,4);;;/q;;;;3*+2/p-6. The third kappa shape index (κ3) is 149. The number of aliphatic carboxylic acids is 2. The molecule has 0 rings (SSSR count). The van der Waals surface area contributed by atoms with Gasteiger partial charge in [0.05, 0.1) is 24.1 Å². The van der Waals surface area contributed by atoms with Crippen LogP contribution in [0.1, 0.15) is 13.8 Å². The van der Waals surface area contributed by atoms with E-state index in [1.807, 2.05) is 0 Å².